The van der Waals surface area contributed by atoms with Crippen LogP contribution in [0.5, 0.6) is 5.75 Å². The van der Waals surface area contributed by atoms with Crippen LogP contribution in [0.25, 0.3) is 22.3 Å². The van der Waals surface area contributed by atoms with Crippen molar-refractivity contribution in [1.29, 1.82) is 0 Å². The molecular formula is C30H35N5O3. The molecule has 0 aliphatic carbocycles. The molecule has 4 aromatic rings. The average Bonchev–Trinajstić information content (AvgIpc) is 3.32. The third-order valence-corrected chi connectivity index (χ3v) is 6.54. The van der Waals surface area contributed by atoms with E-state index >= 15 is 0 Å². The molecule has 0 fully saturated rings. The maximum absolute atomic E-state index is 13.3. The van der Waals surface area contributed by atoms with Crippen molar-refractivity contribution in [3.8, 4) is 28.0 Å². The van der Waals surface area contributed by atoms with Crippen molar-refractivity contribution in [2.75, 3.05) is 27.2 Å². The molecule has 0 radical (unpaired) electrons. The highest BCUT2D eigenvalue weighted by Gasteiger charge is 2.17. The molecule has 4 rings (SSSR count). The first-order valence-electron chi connectivity index (χ1n) is 12.6. The van der Waals surface area contributed by atoms with E-state index in [4.69, 9.17) is 4.74 Å². The molecule has 0 bridgehead atoms. The highest BCUT2D eigenvalue weighted by molar-refractivity contribution is 5.96. The molecule has 0 saturated carbocycles. The summed E-state index contributed by atoms with van der Waals surface area (Å²) in [5, 5.41) is 7.46. The van der Waals surface area contributed by atoms with Gasteiger partial charge in [-0.1, -0.05) is 6.07 Å². The van der Waals surface area contributed by atoms with Gasteiger partial charge in [0, 0.05) is 50.2 Å². The normalized spacial score (nSPS) is 12.0. The van der Waals surface area contributed by atoms with Crippen molar-refractivity contribution in [3.05, 3.63) is 94.2 Å². The molecule has 1 atom stereocenters. The number of amides is 1. The fourth-order valence-corrected chi connectivity index (χ4v) is 4.17. The number of rotatable bonds is 9. The van der Waals surface area contributed by atoms with Crippen molar-refractivity contribution < 1.29 is 9.53 Å². The van der Waals surface area contributed by atoms with E-state index in [1.54, 1.807) is 40.8 Å². The standard InChI is InChI=1S/C30H35N5O3/c1-20-7-8-27(38-12-11-33(3)4)17-28(20)30(37)32-21(2)23-13-24(22-9-10-34(5)29(36)16-22)15-25(14-23)26-18-31-35(6)19-26/h7-10,13-19,21H,11-12H2,1-6H3,(H,32,37)/t21-/m1/s1. The lowest BCUT2D eigenvalue weighted by Gasteiger charge is -2.18. The number of nitrogens with one attached hydrogen (secondary N) is 1. The van der Waals surface area contributed by atoms with Crippen molar-refractivity contribution in [3.63, 3.8) is 0 Å². The van der Waals surface area contributed by atoms with Gasteiger partial charge in [-0.05, 0) is 92.2 Å². The summed E-state index contributed by atoms with van der Waals surface area (Å²) in [7, 11) is 7.58. The third kappa shape index (κ3) is 6.39. The Balaban J connectivity index is 1.63. The van der Waals surface area contributed by atoms with Crippen LogP contribution >= 0.6 is 0 Å². The van der Waals surface area contributed by atoms with Crippen LogP contribution in [-0.2, 0) is 14.1 Å². The van der Waals surface area contributed by atoms with Gasteiger partial charge in [0.15, 0.2) is 0 Å². The van der Waals surface area contributed by atoms with Crippen molar-refractivity contribution >= 4 is 5.91 Å². The summed E-state index contributed by atoms with van der Waals surface area (Å²) in [6.45, 7) is 5.20. The third-order valence-electron chi connectivity index (χ3n) is 6.54. The summed E-state index contributed by atoms with van der Waals surface area (Å²) in [5.41, 5.74) is 5.92. The predicted molar refractivity (Wildman–Crippen MR) is 150 cm³/mol. The molecule has 0 unspecified atom stereocenters. The molecule has 8 nitrogen and oxygen atoms in total. The van der Waals surface area contributed by atoms with E-state index < -0.39 is 0 Å². The second-order valence-corrected chi connectivity index (χ2v) is 9.93. The summed E-state index contributed by atoms with van der Waals surface area (Å²) >= 11 is 0. The van der Waals surface area contributed by atoms with E-state index in [-0.39, 0.29) is 17.5 Å². The Labute approximate surface area is 223 Å². The fourth-order valence-electron chi connectivity index (χ4n) is 4.17. The Bertz CT molecular complexity index is 1500. The summed E-state index contributed by atoms with van der Waals surface area (Å²) in [5.74, 6) is 0.497. The van der Waals surface area contributed by atoms with Gasteiger partial charge >= 0.3 is 0 Å². The Morgan fingerprint density at radius 1 is 1.03 bits per heavy atom. The molecule has 0 saturated heterocycles. The Morgan fingerprint density at radius 2 is 1.76 bits per heavy atom. The molecule has 0 spiro atoms. The molecule has 1 N–H and O–H groups in total. The first kappa shape index (κ1) is 26.9. The number of ether oxygens (including phenoxy) is 1. The molecule has 8 heteroatoms. The number of pyridine rings is 1. The monoisotopic (exact) mass is 513 g/mol. The van der Waals surface area contributed by atoms with Crippen LogP contribution in [-0.4, -0.2) is 52.4 Å². The summed E-state index contributed by atoms with van der Waals surface area (Å²) in [6.07, 6.45) is 5.51. The fraction of sp³-hybridized carbons (Fsp3) is 0.300. The lowest BCUT2D eigenvalue weighted by atomic mass is 9.95. The zero-order chi connectivity index (χ0) is 27.4. The number of hydrogen-bond acceptors (Lipinski definition) is 5. The maximum atomic E-state index is 13.3. The van der Waals surface area contributed by atoms with Crippen molar-refractivity contribution in [2.45, 2.75) is 19.9 Å². The van der Waals surface area contributed by atoms with Crippen LogP contribution in [0, 0.1) is 6.92 Å². The number of carbonyl (C=O) groups excluding carboxylic acids is 1. The van der Waals surface area contributed by atoms with Crippen LogP contribution in [0.1, 0.15) is 34.5 Å². The van der Waals surface area contributed by atoms with Gasteiger partial charge in [-0.3, -0.25) is 14.3 Å². The van der Waals surface area contributed by atoms with Crippen molar-refractivity contribution in [1.82, 2.24) is 24.6 Å². The van der Waals surface area contributed by atoms with E-state index in [0.717, 1.165) is 39.9 Å². The van der Waals surface area contributed by atoms with Gasteiger partial charge in [-0.25, -0.2) is 0 Å². The number of aryl methyl sites for hydroxylation is 3. The van der Waals surface area contributed by atoms with Gasteiger partial charge in [0.05, 0.1) is 12.2 Å². The quantitative estimate of drug-likeness (QED) is 0.363. The SMILES string of the molecule is Cc1ccc(OCCN(C)C)cc1C(=O)N[C@H](C)c1cc(-c2ccn(C)c(=O)c2)cc(-c2cnn(C)c2)c1. The summed E-state index contributed by atoms with van der Waals surface area (Å²) in [4.78, 5) is 27.7. The van der Waals surface area contributed by atoms with Crippen LogP contribution < -0.4 is 15.6 Å². The predicted octanol–water partition coefficient (Wildman–Crippen LogP) is 4.19. The van der Waals surface area contributed by atoms with E-state index in [9.17, 15) is 9.59 Å². The topological polar surface area (TPSA) is 81.4 Å². The van der Waals surface area contributed by atoms with Crippen LogP contribution in [0.4, 0.5) is 0 Å². The molecule has 38 heavy (non-hydrogen) atoms. The first-order valence-corrected chi connectivity index (χ1v) is 12.6. The minimum Gasteiger partial charge on any atom is -0.492 e. The van der Waals surface area contributed by atoms with Gasteiger partial charge < -0.3 is 19.5 Å². The number of aromatic nitrogens is 3. The average molecular weight is 514 g/mol. The highest BCUT2D eigenvalue weighted by Crippen LogP contribution is 2.30. The molecule has 1 amide bonds. The van der Waals surface area contributed by atoms with E-state index in [2.05, 4.69) is 16.5 Å². The molecule has 0 aliphatic rings. The molecule has 2 aromatic heterocycles. The van der Waals surface area contributed by atoms with Gasteiger partial charge in [-0.2, -0.15) is 5.10 Å². The summed E-state index contributed by atoms with van der Waals surface area (Å²) in [6, 6.07) is 15.0. The summed E-state index contributed by atoms with van der Waals surface area (Å²) < 4.78 is 9.14. The Hall–Kier alpha value is -4.17. The van der Waals surface area contributed by atoms with E-state index in [1.165, 1.54) is 0 Å². The molecule has 198 valence electrons. The van der Waals surface area contributed by atoms with E-state index in [0.29, 0.717) is 17.9 Å². The molecule has 0 aliphatic heterocycles. The zero-order valence-electron chi connectivity index (χ0n) is 22.9. The number of benzene rings is 2. The van der Waals surface area contributed by atoms with Crippen LogP contribution in [0.2, 0.25) is 0 Å². The number of likely N-dealkylation sites (N-methyl/N-ethyl adjacent to an activating group) is 1. The lowest BCUT2D eigenvalue weighted by Crippen LogP contribution is -2.27. The van der Waals surface area contributed by atoms with Gasteiger partial charge in [-0.15, -0.1) is 0 Å². The van der Waals surface area contributed by atoms with Crippen LogP contribution in [0.15, 0.2) is 71.9 Å². The Kier molecular flexibility index (Phi) is 8.12. The highest BCUT2D eigenvalue weighted by atomic mass is 16.5. The van der Waals surface area contributed by atoms with Gasteiger partial charge in [0.1, 0.15) is 12.4 Å². The zero-order valence-corrected chi connectivity index (χ0v) is 22.9. The van der Waals surface area contributed by atoms with E-state index in [1.807, 2.05) is 76.4 Å². The second kappa shape index (κ2) is 11.5. The molecular weight excluding hydrogens is 478 g/mol. The number of carbonyl (C=O) groups is 1. The number of nitrogens with zero attached hydrogens (tertiary/aromatic N) is 4. The largest absolute Gasteiger partial charge is 0.492 e. The number of hydrogen-bond donors (Lipinski definition) is 1. The van der Waals surface area contributed by atoms with Crippen molar-refractivity contribution in [2.24, 2.45) is 14.1 Å². The van der Waals surface area contributed by atoms with Gasteiger partial charge in [0.2, 0.25) is 0 Å². The minimum atomic E-state index is -0.290. The lowest BCUT2D eigenvalue weighted by molar-refractivity contribution is 0.0938. The smallest absolute Gasteiger partial charge is 0.252 e. The second-order valence-electron chi connectivity index (χ2n) is 9.93. The molecule has 2 aromatic carbocycles. The minimum absolute atomic E-state index is 0.0830. The first-order chi connectivity index (χ1) is 18.1. The van der Waals surface area contributed by atoms with Crippen LogP contribution in [0.3, 0.4) is 0 Å². The van der Waals surface area contributed by atoms with Gasteiger partial charge in [0.25, 0.3) is 11.5 Å². The molecule has 2 heterocycles. The Morgan fingerprint density at radius 3 is 2.42 bits per heavy atom. The maximum Gasteiger partial charge on any atom is 0.252 e.